The highest BCUT2D eigenvalue weighted by atomic mass is 16.7. The number of nitrogens with zero attached hydrogens (tertiary/aromatic N) is 1. The van der Waals surface area contributed by atoms with E-state index in [1.165, 1.54) is 0 Å². The molecule has 2 aliphatic heterocycles. The van der Waals surface area contributed by atoms with E-state index in [-0.39, 0.29) is 37.0 Å². The molecule has 0 saturated carbocycles. The molecule has 0 unspecified atom stereocenters. The predicted octanol–water partition coefficient (Wildman–Crippen LogP) is 2.49. The van der Waals surface area contributed by atoms with Crippen LogP contribution in [0.25, 0.3) is 0 Å². The second kappa shape index (κ2) is 11.1. The Morgan fingerprint density at radius 1 is 1.09 bits per heavy atom. The van der Waals surface area contributed by atoms with E-state index >= 15 is 0 Å². The van der Waals surface area contributed by atoms with Crippen LogP contribution in [0.15, 0.2) is 42.5 Å². The zero-order valence-corrected chi connectivity index (χ0v) is 20.0. The van der Waals surface area contributed by atoms with Gasteiger partial charge in [0.2, 0.25) is 18.6 Å². The van der Waals surface area contributed by atoms with Gasteiger partial charge in [0.15, 0.2) is 11.5 Å². The smallest absolute Gasteiger partial charge is 0.251 e. The minimum Gasteiger partial charge on any atom is -0.497 e. The molecule has 2 aliphatic rings. The average Bonchev–Trinajstić information content (AvgIpc) is 3.36. The average molecular weight is 482 g/mol. The summed E-state index contributed by atoms with van der Waals surface area (Å²) in [5.41, 5.74) is 1.43. The SMILES string of the molecule is COc1ccc(CNC(=O)[C@@H]2CCC[C@@H](NC(=O)c3ccc4c(c3)OCO4)CN(C)C(=O)C2)cc1. The maximum atomic E-state index is 12.9. The molecule has 4 rings (SSSR count). The number of fused-ring (bicyclic) bond motifs is 1. The Morgan fingerprint density at radius 2 is 1.86 bits per heavy atom. The Morgan fingerprint density at radius 3 is 2.63 bits per heavy atom. The van der Waals surface area contributed by atoms with Crippen molar-refractivity contribution in [2.45, 2.75) is 38.3 Å². The molecule has 0 radical (unpaired) electrons. The van der Waals surface area contributed by atoms with Crippen LogP contribution in [0.5, 0.6) is 17.2 Å². The lowest BCUT2D eigenvalue weighted by molar-refractivity contribution is -0.135. The monoisotopic (exact) mass is 481 g/mol. The first-order chi connectivity index (χ1) is 16.9. The Hall–Kier alpha value is -3.75. The maximum absolute atomic E-state index is 12.9. The summed E-state index contributed by atoms with van der Waals surface area (Å²) in [7, 11) is 3.31. The second-order valence-corrected chi connectivity index (χ2v) is 8.91. The third kappa shape index (κ3) is 6.23. The maximum Gasteiger partial charge on any atom is 0.251 e. The summed E-state index contributed by atoms with van der Waals surface area (Å²) in [6, 6.07) is 12.3. The normalized spacial score (nSPS) is 19.8. The van der Waals surface area contributed by atoms with E-state index in [9.17, 15) is 14.4 Å². The quantitative estimate of drug-likeness (QED) is 0.657. The first-order valence-electron chi connectivity index (χ1n) is 11.8. The van der Waals surface area contributed by atoms with Crippen molar-refractivity contribution in [2.24, 2.45) is 5.92 Å². The molecule has 9 nitrogen and oxygen atoms in total. The van der Waals surface area contributed by atoms with Gasteiger partial charge in [0, 0.05) is 44.1 Å². The molecule has 2 N–H and O–H groups in total. The number of carbonyl (C=O) groups excluding carboxylic acids is 3. The van der Waals surface area contributed by atoms with Crippen LogP contribution in [0.4, 0.5) is 0 Å². The number of carbonyl (C=O) groups is 3. The third-order valence-corrected chi connectivity index (χ3v) is 6.41. The number of amides is 3. The highest BCUT2D eigenvalue weighted by Gasteiger charge is 2.28. The van der Waals surface area contributed by atoms with E-state index in [0.717, 1.165) is 11.3 Å². The van der Waals surface area contributed by atoms with Gasteiger partial charge in [0.1, 0.15) is 5.75 Å². The van der Waals surface area contributed by atoms with Crippen LogP contribution in [-0.2, 0) is 16.1 Å². The summed E-state index contributed by atoms with van der Waals surface area (Å²) < 4.78 is 15.8. The number of hydrogen-bond acceptors (Lipinski definition) is 6. The van der Waals surface area contributed by atoms with Gasteiger partial charge in [0.05, 0.1) is 7.11 Å². The highest BCUT2D eigenvalue weighted by Crippen LogP contribution is 2.32. The fourth-order valence-corrected chi connectivity index (χ4v) is 4.33. The number of nitrogens with one attached hydrogen (secondary N) is 2. The van der Waals surface area contributed by atoms with Gasteiger partial charge in [-0.05, 0) is 48.7 Å². The zero-order valence-electron chi connectivity index (χ0n) is 20.0. The zero-order chi connectivity index (χ0) is 24.8. The van der Waals surface area contributed by atoms with Gasteiger partial charge in [0.25, 0.3) is 5.91 Å². The van der Waals surface area contributed by atoms with Crippen molar-refractivity contribution in [2.75, 3.05) is 27.5 Å². The van der Waals surface area contributed by atoms with Gasteiger partial charge in [-0.3, -0.25) is 14.4 Å². The standard InChI is InChI=1S/C26H31N3O6/c1-29-15-20(28-26(32)19-8-11-22-23(12-19)35-16-34-22)5-3-4-18(13-24(29)30)25(31)27-14-17-6-9-21(33-2)10-7-17/h6-12,18,20H,3-5,13-16H2,1-2H3,(H,27,31)(H,28,32)/t18-,20-/m1/s1. The molecule has 3 amide bonds. The van der Waals surface area contributed by atoms with Gasteiger partial charge >= 0.3 is 0 Å². The Labute approximate surface area is 204 Å². The summed E-state index contributed by atoms with van der Waals surface area (Å²) in [5.74, 6) is 1.02. The number of rotatable bonds is 6. The van der Waals surface area contributed by atoms with E-state index in [1.807, 2.05) is 24.3 Å². The molecule has 0 aliphatic carbocycles. The van der Waals surface area contributed by atoms with E-state index in [2.05, 4.69) is 10.6 Å². The van der Waals surface area contributed by atoms with Crippen molar-refractivity contribution >= 4 is 17.7 Å². The van der Waals surface area contributed by atoms with E-state index in [1.54, 1.807) is 37.3 Å². The molecule has 35 heavy (non-hydrogen) atoms. The van der Waals surface area contributed by atoms with E-state index in [0.29, 0.717) is 49.4 Å². The fourth-order valence-electron chi connectivity index (χ4n) is 4.33. The van der Waals surface area contributed by atoms with Gasteiger partial charge in [-0.15, -0.1) is 0 Å². The Balaban J connectivity index is 1.33. The van der Waals surface area contributed by atoms with E-state index in [4.69, 9.17) is 14.2 Å². The molecule has 9 heteroatoms. The number of ether oxygens (including phenoxy) is 3. The molecule has 0 aromatic heterocycles. The van der Waals surface area contributed by atoms with Crippen LogP contribution in [0.1, 0.15) is 41.6 Å². The first-order valence-corrected chi connectivity index (χ1v) is 11.8. The van der Waals surface area contributed by atoms with Gasteiger partial charge in [-0.25, -0.2) is 0 Å². The van der Waals surface area contributed by atoms with Crippen LogP contribution in [0, 0.1) is 5.92 Å². The predicted molar refractivity (Wildman–Crippen MR) is 128 cm³/mol. The molecule has 2 heterocycles. The van der Waals surface area contributed by atoms with Crippen LogP contribution in [0.3, 0.4) is 0 Å². The first kappa shape index (κ1) is 24.4. The molecule has 1 saturated heterocycles. The van der Waals surface area contributed by atoms with Gasteiger partial charge in [-0.1, -0.05) is 18.6 Å². The van der Waals surface area contributed by atoms with Crippen molar-refractivity contribution in [3.8, 4) is 17.2 Å². The number of benzene rings is 2. The van der Waals surface area contributed by atoms with E-state index < -0.39 is 5.92 Å². The van der Waals surface area contributed by atoms with Crippen LogP contribution < -0.4 is 24.8 Å². The lowest BCUT2D eigenvalue weighted by atomic mass is 9.96. The van der Waals surface area contributed by atoms with Crippen molar-refractivity contribution < 1.29 is 28.6 Å². The highest BCUT2D eigenvalue weighted by molar-refractivity contribution is 5.95. The molecule has 0 bridgehead atoms. The summed E-state index contributed by atoms with van der Waals surface area (Å²) in [6.45, 7) is 0.914. The Bertz CT molecular complexity index is 1070. The summed E-state index contributed by atoms with van der Waals surface area (Å²) in [5, 5.41) is 5.99. The minimum absolute atomic E-state index is 0.112. The lowest BCUT2D eigenvalue weighted by Crippen LogP contribution is -2.44. The summed E-state index contributed by atoms with van der Waals surface area (Å²) >= 11 is 0. The van der Waals surface area contributed by atoms with Gasteiger partial charge < -0.3 is 29.7 Å². The molecule has 0 spiro atoms. The molecular formula is C26H31N3O6. The molecule has 1 fully saturated rings. The molecule has 2 aromatic rings. The number of hydrogen-bond donors (Lipinski definition) is 2. The molecule has 2 aromatic carbocycles. The lowest BCUT2D eigenvalue weighted by Gasteiger charge is -2.24. The number of likely N-dealkylation sites (N-methyl/N-ethyl adjacent to an activating group) is 1. The number of methoxy groups -OCH3 is 1. The van der Waals surface area contributed by atoms with Crippen molar-refractivity contribution in [3.63, 3.8) is 0 Å². The topological polar surface area (TPSA) is 106 Å². The molecular weight excluding hydrogens is 450 g/mol. The van der Waals surface area contributed by atoms with Crippen molar-refractivity contribution in [1.82, 2.24) is 15.5 Å². The fraction of sp³-hybridized carbons (Fsp3) is 0.423. The summed E-state index contributed by atoms with van der Waals surface area (Å²) in [4.78, 5) is 40.1. The third-order valence-electron chi connectivity index (χ3n) is 6.41. The van der Waals surface area contributed by atoms with Crippen molar-refractivity contribution in [3.05, 3.63) is 53.6 Å². The minimum atomic E-state index is -0.411. The largest absolute Gasteiger partial charge is 0.497 e. The summed E-state index contributed by atoms with van der Waals surface area (Å²) in [6.07, 6.45) is 2.10. The van der Waals surface area contributed by atoms with Gasteiger partial charge in [-0.2, -0.15) is 0 Å². The molecule has 2 atom stereocenters. The van der Waals surface area contributed by atoms with Crippen LogP contribution >= 0.6 is 0 Å². The van der Waals surface area contributed by atoms with Crippen LogP contribution in [0.2, 0.25) is 0 Å². The Kier molecular flexibility index (Phi) is 7.74. The van der Waals surface area contributed by atoms with Crippen LogP contribution in [-0.4, -0.2) is 56.2 Å². The van der Waals surface area contributed by atoms with Crippen molar-refractivity contribution in [1.29, 1.82) is 0 Å². The molecule has 186 valence electrons. The second-order valence-electron chi connectivity index (χ2n) is 8.91.